The van der Waals surface area contributed by atoms with Crippen LogP contribution in [0.15, 0.2) is 60.0 Å². The zero-order valence-corrected chi connectivity index (χ0v) is 19.4. The summed E-state index contributed by atoms with van der Waals surface area (Å²) >= 11 is 1.24. The second-order valence-corrected chi connectivity index (χ2v) is 8.79. The molecule has 1 heterocycles. The van der Waals surface area contributed by atoms with Gasteiger partial charge in [0.05, 0.1) is 11.6 Å². The molecular formula is C25H24N4O4S. The van der Waals surface area contributed by atoms with E-state index >= 15 is 0 Å². The van der Waals surface area contributed by atoms with E-state index in [4.69, 9.17) is 10.1 Å². The van der Waals surface area contributed by atoms with Gasteiger partial charge in [-0.05, 0) is 43.5 Å². The summed E-state index contributed by atoms with van der Waals surface area (Å²) in [5.41, 5.74) is 1.64. The van der Waals surface area contributed by atoms with E-state index < -0.39 is 23.5 Å². The van der Waals surface area contributed by atoms with E-state index in [-0.39, 0.29) is 12.3 Å². The first-order valence-electron chi connectivity index (χ1n) is 11.0. The van der Waals surface area contributed by atoms with Gasteiger partial charge >= 0.3 is 5.97 Å². The Morgan fingerprint density at radius 2 is 1.82 bits per heavy atom. The molecule has 3 N–H and O–H groups in total. The Morgan fingerprint density at radius 3 is 2.47 bits per heavy atom. The van der Waals surface area contributed by atoms with Crippen molar-refractivity contribution in [3.63, 3.8) is 0 Å². The second-order valence-electron chi connectivity index (χ2n) is 7.93. The normalized spacial score (nSPS) is 13.6. The number of carbonyl (C=O) groups excluding carboxylic acids is 3. The Kier molecular flexibility index (Phi) is 7.12. The third-order valence-corrected chi connectivity index (χ3v) is 6.09. The molecule has 174 valence electrons. The number of anilines is 1. The number of carbonyl (C=O) groups is 3. The lowest BCUT2D eigenvalue weighted by Gasteiger charge is -2.14. The summed E-state index contributed by atoms with van der Waals surface area (Å²) in [7, 11) is 0. The number of nitrogens with zero attached hydrogens (tertiary/aromatic N) is 1. The molecule has 1 aliphatic rings. The van der Waals surface area contributed by atoms with Crippen molar-refractivity contribution in [2.24, 2.45) is 5.92 Å². The molecule has 2 amide bonds. The first-order valence-corrected chi connectivity index (χ1v) is 11.9. The predicted molar refractivity (Wildman–Crippen MR) is 130 cm³/mol. The molecule has 0 bridgehead atoms. The van der Waals surface area contributed by atoms with Crippen molar-refractivity contribution in [2.45, 2.75) is 32.2 Å². The molecule has 2 aromatic carbocycles. The van der Waals surface area contributed by atoms with Gasteiger partial charge in [0.1, 0.15) is 11.5 Å². The Bertz CT molecular complexity index is 1200. The average molecular weight is 477 g/mol. The van der Waals surface area contributed by atoms with E-state index in [0.29, 0.717) is 28.2 Å². The highest BCUT2D eigenvalue weighted by Gasteiger charge is 2.29. The van der Waals surface area contributed by atoms with E-state index in [9.17, 15) is 14.4 Å². The number of para-hydroxylation sites is 1. The van der Waals surface area contributed by atoms with Crippen LogP contribution in [0.3, 0.4) is 0 Å². The van der Waals surface area contributed by atoms with Crippen LogP contribution in [0, 0.1) is 11.3 Å². The Hall–Kier alpha value is -3.85. The fourth-order valence-electron chi connectivity index (χ4n) is 3.26. The van der Waals surface area contributed by atoms with Crippen molar-refractivity contribution in [2.75, 3.05) is 5.32 Å². The van der Waals surface area contributed by atoms with Gasteiger partial charge in [0.2, 0.25) is 5.91 Å². The number of ether oxygens (including phenoxy) is 1. The van der Waals surface area contributed by atoms with E-state index in [1.54, 1.807) is 54.8 Å². The van der Waals surface area contributed by atoms with E-state index in [0.717, 1.165) is 18.4 Å². The minimum Gasteiger partial charge on any atom is -0.422 e. The van der Waals surface area contributed by atoms with Crippen LogP contribution in [0.4, 0.5) is 5.13 Å². The maximum atomic E-state index is 12.8. The lowest BCUT2D eigenvalue weighted by molar-refractivity contribution is -0.128. The van der Waals surface area contributed by atoms with Gasteiger partial charge < -0.3 is 15.4 Å². The predicted octanol–water partition coefficient (Wildman–Crippen LogP) is 4.29. The molecule has 1 saturated carbocycles. The fraction of sp³-hybridized carbons (Fsp3) is 0.240. The van der Waals surface area contributed by atoms with Gasteiger partial charge in [0, 0.05) is 22.5 Å². The number of aromatic nitrogens is 1. The molecule has 0 saturated heterocycles. The molecule has 0 aliphatic heterocycles. The summed E-state index contributed by atoms with van der Waals surface area (Å²) in [6.45, 7) is 1.72. The molecule has 34 heavy (non-hydrogen) atoms. The third kappa shape index (κ3) is 5.74. The van der Waals surface area contributed by atoms with Crippen molar-refractivity contribution in [3.05, 3.63) is 65.5 Å². The fourth-order valence-corrected chi connectivity index (χ4v) is 3.98. The lowest BCUT2D eigenvalue weighted by Crippen LogP contribution is -2.35. The summed E-state index contributed by atoms with van der Waals surface area (Å²) in [6.07, 6.45) is 2.32. The van der Waals surface area contributed by atoms with Gasteiger partial charge in [-0.15, -0.1) is 11.3 Å². The number of hydrogen-bond donors (Lipinski definition) is 3. The summed E-state index contributed by atoms with van der Waals surface area (Å²) in [5, 5.41) is 16.0. The van der Waals surface area contributed by atoms with Gasteiger partial charge in [-0.3, -0.25) is 15.0 Å². The largest absolute Gasteiger partial charge is 0.422 e. The van der Waals surface area contributed by atoms with Crippen LogP contribution >= 0.6 is 11.3 Å². The Labute approximate surface area is 200 Å². The molecule has 8 nitrogen and oxygen atoms in total. The first kappa shape index (κ1) is 23.3. The smallest absolute Gasteiger partial charge is 0.358 e. The molecule has 0 radical (unpaired) electrons. The highest BCUT2D eigenvalue weighted by atomic mass is 32.1. The second kappa shape index (κ2) is 10.4. The topological polar surface area (TPSA) is 121 Å². The van der Waals surface area contributed by atoms with Gasteiger partial charge in [0.25, 0.3) is 5.91 Å². The molecule has 0 spiro atoms. The number of benzene rings is 2. The van der Waals surface area contributed by atoms with Crippen molar-refractivity contribution >= 4 is 40.0 Å². The van der Waals surface area contributed by atoms with Crippen molar-refractivity contribution in [3.8, 4) is 17.0 Å². The maximum Gasteiger partial charge on any atom is 0.358 e. The summed E-state index contributed by atoms with van der Waals surface area (Å²) in [5.74, 6) is -2.09. The number of hydrogen-bond acceptors (Lipinski definition) is 7. The van der Waals surface area contributed by atoms with Crippen LogP contribution in [-0.4, -0.2) is 34.5 Å². The number of nitrogens with one attached hydrogen (secondary N) is 3. The highest BCUT2D eigenvalue weighted by molar-refractivity contribution is 7.14. The quantitative estimate of drug-likeness (QED) is 0.242. The molecule has 1 aliphatic carbocycles. The van der Waals surface area contributed by atoms with Gasteiger partial charge in [-0.2, -0.15) is 0 Å². The van der Waals surface area contributed by atoms with Crippen molar-refractivity contribution < 1.29 is 19.1 Å². The lowest BCUT2D eigenvalue weighted by atomic mass is 9.99. The number of thiazole rings is 1. The SMILES string of the molecule is CCC(C(=N)C(=O)Oc1ccccc1)C(=O)Nc1nc(-c2ccc(C(=O)NC3CC3)cc2)cs1. The molecule has 1 fully saturated rings. The third-order valence-electron chi connectivity index (χ3n) is 5.34. The molecular weight excluding hydrogens is 452 g/mol. The Balaban J connectivity index is 1.37. The van der Waals surface area contributed by atoms with E-state index in [1.807, 2.05) is 12.1 Å². The van der Waals surface area contributed by atoms with E-state index in [1.165, 1.54) is 11.3 Å². The van der Waals surface area contributed by atoms with Crippen molar-refractivity contribution in [1.29, 1.82) is 5.41 Å². The highest BCUT2D eigenvalue weighted by Crippen LogP contribution is 2.26. The van der Waals surface area contributed by atoms with E-state index in [2.05, 4.69) is 15.6 Å². The standard InChI is InChI=1S/C25H24N4O4S/c1-2-19(21(26)24(32)33-18-6-4-3-5-7-18)23(31)29-25-28-20(14-34-25)15-8-10-16(11-9-15)22(30)27-17-12-13-17/h3-11,14,17,19,26H,2,12-13H2,1H3,(H,27,30)(H,28,29,31). The zero-order valence-electron chi connectivity index (χ0n) is 18.5. The molecule has 1 unspecified atom stereocenters. The summed E-state index contributed by atoms with van der Waals surface area (Å²) in [4.78, 5) is 41.7. The number of rotatable bonds is 9. The van der Waals surface area contributed by atoms with Crippen molar-refractivity contribution in [1.82, 2.24) is 10.3 Å². The molecule has 1 aromatic heterocycles. The van der Waals surface area contributed by atoms with Crippen LogP contribution in [0.5, 0.6) is 5.75 Å². The monoisotopic (exact) mass is 476 g/mol. The first-order chi connectivity index (χ1) is 16.4. The Morgan fingerprint density at radius 1 is 1.12 bits per heavy atom. The summed E-state index contributed by atoms with van der Waals surface area (Å²) in [6, 6.07) is 15.8. The number of esters is 1. The molecule has 9 heteroatoms. The van der Waals surface area contributed by atoms with Crippen LogP contribution < -0.4 is 15.4 Å². The molecule has 3 aromatic rings. The van der Waals surface area contributed by atoms with Gasteiger partial charge in [-0.1, -0.05) is 37.3 Å². The van der Waals surface area contributed by atoms with Crippen LogP contribution in [0.25, 0.3) is 11.3 Å². The maximum absolute atomic E-state index is 12.8. The molecule has 1 atom stereocenters. The van der Waals surface area contributed by atoms with Gasteiger partial charge in [-0.25, -0.2) is 9.78 Å². The minimum absolute atomic E-state index is 0.0841. The number of amides is 2. The summed E-state index contributed by atoms with van der Waals surface area (Å²) < 4.78 is 5.19. The molecule has 4 rings (SSSR count). The minimum atomic E-state index is -0.965. The van der Waals surface area contributed by atoms with Crippen LogP contribution in [0.2, 0.25) is 0 Å². The average Bonchev–Trinajstić information content (AvgIpc) is 3.54. The van der Waals surface area contributed by atoms with Crippen LogP contribution in [0.1, 0.15) is 36.5 Å². The van der Waals surface area contributed by atoms with Gasteiger partial charge in [0.15, 0.2) is 5.13 Å². The van der Waals surface area contributed by atoms with Crippen LogP contribution in [-0.2, 0) is 9.59 Å². The zero-order chi connectivity index (χ0) is 24.1.